The number of hydrogen-bond donors (Lipinski definition) is 1. The molecule has 2 aromatic heterocycles. The van der Waals surface area contributed by atoms with Crippen LogP contribution in [0.1, 0.15) is 41.5 Å². The van der Waals surface area contributed by atoms with Gasteiger partial charge >= 0.3 is 0 Å². The van der Waals surface area contributed by atoms with E-state index in [2.05, 4.69) is 39.8 Å². The Bertz CT molecular complexity index is 1410. The molecule has 3 aromatic carbocycles. The third-order valence-corrected chi connectivity index (χ3v) is 5.66. The van der Waals surface area contributed by atoms with Crippen molar-refractivity contribution in [2.24, 2.45) is 0 Å². The van der Waals surface area contributed by atoms with E-state index in [4.69, 9.17) is 0 Å². The molecule has 5 aromatic rings. The van der Waals surface area contributed by atoms with Crippen molar-refractivity contribution >= 4 is 22.6 Å². The third kappa shape index (κ3) is 4.28. The Morgan fingerprint density at radius 2 is 1.79 bits per heavy atom. The highest BCUT2D eigenvalue weighted by Crippen LogP contribution is 2.20. The first kappa shape index (κ1) is 20.7. The summed E-state index contributed by atoms with van der Waals surface area (Å²) in [5, 5.41) is 3.02. The van der Waals surface area contributed by atoms with Crippen molar-refractivity contribution < 1.29 is 4.79 Å². The van der Waals surface area contributed by atoms with Gasteiger partial charge in [0, 0.05) is 41.8 Å². The van der Waals surface area contributed by atoms with Gasteiger partial charge in [0.2, 0.25) is 0 Å². The van der Waals surface area contributed by atoms with Crippen LogP contribution in [0.15, 0.2) is 91.5 Å². The van der Waals surface area contributed by atoms with Crippen LogP contribution < -0.4 is 5.32 Å². The van der Waals surface area contributed by atoms with Gasteiger partial charge in [-0.25, -0.2) is 9.97 Å². The van der Waals surface area contributed by atoms with E-state index >= 15 is 0 Å². The standard InChI is InChI=1S/C27H25N5O/c1-19(2)26-28-14-15-31(26)17-20-6-5-7-22(16-20)30-27(33)21-10-12-23(13-11-21)32-18-29-24-8-3-4-9-25(24)32/h3-16,18-19H,17H2,1-2H3,(H,30,33). The molecular formula is C27H25N5O. The van der Waals surface area contributed by atoms with Gasteiger partial charge in [-0.3, -0.25) is 9.36 Å². The zero-order valence-electron chi connectivity index (χ0n) is 18.6. The van der Waals surface area contributed by atoms with E-state index in [0.29, 0.717) is 18.0 Å². The van der Waals surface area contributed by atoms with Gasteiger partial charge in [0.1, 0.15) is 12.2 Å². The van der Waals surface area contributed by atoms with Crippen molar-refractivity contribution in [3.05, 3.63) is 108 Å². The molecule has 164 valence electrons. The Kier molecular flexibility index (Phi) is 5.48. The number of nitrogens with zero attached hydrogens (tertiary/aromatic N) is 4. The van der Waals surface area contributed by atoms with Crippen LogP contribution in [0.3, 0.4) is 0 Å². The van der Waals surface area contributed by atoms with Crippen molar-refractivity contribution in [3.63, 3.8) is 0 Å². The topological polar surface area (TPSA) is 64.7 Å². The molecule has 0 saturated heterocycles. The predicted octanol–water partition coefficient (Wildman–Crippen LogP) is 5.65. The van der Waals surface area contributed by atoms with Crippen LogP contribution in [0.25, 0.3) is 16.7 Å². The monoisotopic (exact) mass is 435 g/mol. The first-order chi connectivity index (χ1) is 16.1. The highest BCUT2D eigenvalue weighted by atomic mass is 16.1. The highest BCUT2D eigenvalue weighted by Gasteiger charge is 2.10. The summed E-state index contributed by atoms with van der Waals surface area (Å²) in [6, 6.07) is 23.5. The number of aromatic nitrogens is 4. The first-order valence-corrected chi connectivity index (χ1v) is 11.0. The number of carbonyl (C=O) groups excluding carboxylic acids is 1. The number of rotatable bonds is 6. The molecule has 6 heteroatoms. The second-order valence-corrected chi connectivity index (χ2v) is 8.37. The zero-order chi connectivity index (χ0) is 22.8. The van der Waals surface area contributed by atoms with Crippen molar-refractivity contribution in [1.29, 1.82) is 0 Å². The maximum atomic E-state index is 12.9. The molecule has 6 nitrogen and oxygen atoms in total. The lowest BCUT2D eigenvalue weighted by Gasteiger charge is -2.12. The second kappa shape index (κ2) is 8.74. The minimum Gasteiger partial charge on any atom is -0.330 e. The van der Waals surface area contributed by atoms with E-state index in [-0.39, 0.29) is 5.91 Å². The van der Waals surface area contributed by atoms with E-state index in [1.165, 1.54) is 0 Å². The molecule has 2 heterocycles. The Morgan fingerprint density at radius 3 is 2.61 bits per heavy atom. The smallest absolute Gasteiger partial charge is 0.255 e. The summed E-state index contributed by atoms with van der Waals surface area (Å²) in [7, 11) is 0. The molecule has 0 radical (unpaired) electrons. The number of nitrogens with one attached hydrogen (secondary N) is 1. The molecule has 1 N–H and O–H groups in total. The van der Waals surface area contributed by atoms with Crippen molar-refractivity contribution in [3.8, 4) is 5.69 Å². The van der Waals surface area contributed by atoms with Gasteiger partial charge in [-0.1, -0.05) is 38.1 Å². The van der Waals surface area contributed by atoms with Gasteiger partial charge in [0.05, 0.1) is 11.0 Å². The van der Waals surface area contributed by atoms with E-state index in [9.17, 15) is 4.79 Å². The summed E-state index contributed by atoms with van der Waals surface area (Å²) in [6.07, 6.45) is 5.62. The van der Waals surface area contributed by atoms with E-state index in [1.54, 1.807) is 6.33 Å². The van der Waals surface area contributed by atoms with Gasteiger partial charge in [-0.05, 0) is 54.1 Å². The third-order valence-electron chi connectivity index (χ3n) is 5.66. The Balaban J connectivity index is 1.31. The second-order valence-electron chi connectivity index (χ2n) is 8.37. The SMILES string of the molecule is CC(C)c1nccn1Cc1cccc(NC(=O)c2ccc(-n3cnc4ccccc43)cc2)c1. The lowest BCUT2D eigenvalue weighted by molar-refractivity contribution is 0.102. The molecule has 0 saturated carbocycles. The van der Waals surface area contributed by atoms with Gasteiger partial charge in [-0.15, -0.1) is 0 Å². The number of fused-ring (bicyclic) bond motifs is 1. The van der Waals surface area contributed by atoms with Gasteiger partial charge < -0.3 is 9.88 Å². The van der Waals surface area contributed by atoms with E-state index in [0.717, 1.165) is 33.8 Å². The molecule has 0 aliphatic heterocycles. The molecule has 1 amide bonds. The fourth-order valence-corrected chi connectivity index (χ4v) is 4.04. The van der Waals surface area contributed by atoms with Crippen LogP contribution in [0.2, 0.25) is 0 Å². The van der Waals surface area contributed by atoms with Crippen molar-refractivity contribution in [2.75, 3.05) is 5.32 Å². The quantitative estimate of drug-likeness (QED) is 0.375. The number of benzene rings is 3. The molecule has 0 spiro atoms. The van der Waals surface area contributed by atoms with Crippen LogP contribution in [0, 0.1) is 0 Å². The maximum absolute atomic E-state index is 12.9. The Labute approximate surface area is 192 Å². The number of hydrogen-bond acceptors (Lipinski definition) is 3. The summed E-state index contributed by atoms with van der Waals surface area (Å²) >= 11 is 0. The maximum Gasteiger partial charge on any atom is 0.255 e. The Hall–Kier alpha value is -4.19. The van der Waals surface area contributed by atoms with Gasteiger partial charge in [0.15, 0.2) is 0 Å². The lowest BCUT2D eigenvalue weighted by Crippen LogP contribution is -2.12. The number of carbonyl (C=O) groups is 1. The minimum absolute atomic E-state index is 0.139. The molecule has 0 bridgehead atoms. The predicted molar refractivity (Wildman–Crippen MR) is 131 cm³/mol. The van der Waals surface area contributed by atoms with E-state index in [1.807, 2.05) is 83.7 Å². The lowest BCUT2D eigenvalue weighted by atomic mass is 10.1. The fraction of sp³-hybridized carbons (Fsp3) is 0.148. The molecule has 0 atom stereocenters. The number of amides is 1. The summed E-state index contributed by atoms with van der Waals surface area (Å²) in [5.74, 6) is 1.26. The number of para-hydroxylation sites is 2. The average molecular weight is 436 g/mol. The van der Waals surface area contributed by atoms with Crippen LogP contribution in [-0.2, 0) is 6.54 Å². The molecule has 33 heavy (non-hydrogen) atoms. The van der Waals surface area contributed by atoms with Crippen LogP contribution >= 0.6 is 0 Å². The molecule has 0 fully saturated rings. The van der Waals surface area contributed by atoms with Crippen molar-refractivity contribution in [2.45, 2.75) is 26.3 Å². The molecule has 5 rings (SSSR count). The Morgan fingerprint density at radius 1 is 0.970 bits per heavy atom. The van der Waals surface area contributed by atoms with E-state index < -0.39 is 0 Å². The number of imidazole rings is 2. The molecule has 0 unspecified atom stereocenters. The number of anilines is 1. The van der Waals surface area contributed by atoms with Gasteiger partial charge in [-0.2, -0.15) is 0 Å². The first-order valence-electron chi connectivity index (χ1n) is 11.0. The summed E-state index contributed by atoms with van der Waals surface area (Å²) in [4.78, 5) is 21.7. The summed E-state index contributed by atoms with van der Waals surface area (Å²) in [6.45, 7) is 4.98. The highest BCUT2D eigenvalue weighted by molar-refractivity contribution is 6.04. The van der Waals surface area contributed by atoms with Gasteiger partial charge in [0.25, 0.3) is 5.91 Å². The summed E-state index contributed by atoms with van der Waals surface area (Å²) < 4.78 is 4.16. The normalized spacial score (nSPS) is 11.2. The zero-order valence-corrected chi connectivity index (χ0v) is 18.6. The van der Waals surface area contributed by atoms with Crippen molar-refractivity contribution in [1.82, 2.24) is 19.1 Å². The summed E-state index contributed by atoms with van der Waals surface area (Å²) in [5.41, 5.74) is 5.41. The molecular weight excluding hydrogens is 410 g/mol. The molecule has 0 aliphatic carbocycles. The van der Waals surface area contributed by atoms with Crippen LogP contribution in [0.5, 0.6) is 0 Å². The van der Waals surface area contributed by atoms with Crippen LogP contribution in [-0.4, -0.2) is 25.0 Å². The van der Waals surface area contributed by atoms with Crippen LogP contribution in [0.4, 0.5) is 5.69 Å². The largest absolute Gasteiger partial charge is 0.330 e. The average Bonchev–Trinajstić information content (AvgIpc) is 3.47. The molecule has 0 aliphatic rings. The fourth-order valence-electron chi connectivity index (χ4n) is 4.04. The minimum atomic E-state index is -0.139.